The number of rotatable bonds is 4. The van der Waals surface area contributed by atoms with Crippen molar-refractivity contribution < 1.29 is 4.79 Å². The predicted molar refractivity (Wildman–Crippen MR) is 112 cm³/mol. The molecule has 2 aromatic carbocycles. The lowest BCUT2D eigenvalue weighted by Crippen LogP contribution is -2.30. The Morgan fingerprint density at radius 3 is 2.61 bits per heavy atom. The smallest absolute Gasteiger partial charge is 0.251 e. The van der Waals surface area contributed by atoms with Gasteiger partial charge in [-0.3, -0.25) is 4.79 Å². The summed E-state index contributed by atoms with van der Waals surface area (Å²) >= 11 is 0. The van der Waals surface area contributed by atoms with Crippen LogP contribution in [0.15, 0.2) is 48.5 Å². The van der Waals surface area contributed by atoms with Crippen molar-refractivity contribution in [3.05, 3.63) is 82.2 Å². The molecular formula is C24H27N3O. The van der Waals surface area contributed by atoms with Gasteiger partial charge < -0.3 is 5.32 Å². The highest BCUT2D eigenvalue weighted by Gasteiger charge is 2.22. The average Bonchev–Trinajstić information content (AvgIpc) is 3.01. The zero-order valence-corrected chi connectivity index (χ0v) is 16.8. The van der Waals surface area contributed by atoms with Crippen LogP contribution in [0.3, 0.4) is 0 Å². The Balaban J connectivity index is 1.53. The fraction of sp³-hybridized carbons (Fsp3) is 0.333. The van der Waals surface area contributed by atoms with Crippen LogP contribution in [0.2, 0.25) is 0 Å². The molecule has 3 aromatic rings. The molecule has 1 heterocycles. The van der Waals surface area contributed by atoms with Crippen LogP contribution in [0, 0.1) is 13.8 Å². The number of amides is 1. The zero-order valence-electron chi connectivity index (χ0n) is 16.8. The first-order valence-corrected chi connectivity index (χ1v) is 10.1. The molecule has 1 amide bonds. The SMILES string of the molecule is CCc1c(C)nn(-c2ccc(C(=O)N[C@@H]3CCCc4ccccc43)cc2)c1C. The molecule has 1 aliphatic rings. The van der Waals surface area contributed by atoms with Crippen LogP contribution < -0.4 is 5.32 Å². The molecule has 4 heteroatoms. The van der Waals surface area contributed by atoms with Crippen LogP contribution in [0.4, 0.5) is 0 Å². The Kier molecular flexibility index (Phi) is 5.03. The lowest BCUT2D eigenvalue weighted by molar-refractivity contribution is 0.0933. The molecule has 1 atom stereocenters. The van der Waals surface area contributed by atoms with E-state index in [1.54, 1.807) is 0 Å². The normalized spacial score (nSPS) is 15.9. The van der Waals surface area contributed by atoms with Crippen molar-refractivity contribution in [3.8, 4) is 5.69 Å². The van der Waals surface area contributed by atoms with Gasteiger partial charge in [-0.2, -0.15) is 5.10 Å². The third-order valence-corrected chi connectivity index (χ3v) is 5.84. The van der Waals surface area contributed by atoms with E-state index in [1.807, 2.05) is 35.9 Å². The van der Waals surface area contributed by atoms with Gasteiger partial charge in [0.2, 0.25) is 0 Å². The summed E-state index contributed by atoms with van der Waals surface area (Å²) in [4.78, 5) is 12.8. The van der Waals surface area contributed by atoms with E-state index in [9.17, 15) is 4.79 Å². The molecule has 4 rings (SSSR count). The molecule has 0 unspecified atom stereocenters. The van der Waals surface area contributed by atoms with Gasteiger partial charge in [-0.05, 0) is 80.5 Å². The van der Waals surface area contributed by atoms with Gasteiger partial charge in [0, 0.05) is 11.3 Å². The van der Waals surface area contributed by atoms with Crippen molar-refractivity contribution in [1.82, 2.24) is 15.1 Å². The number of aromatic nitrogens is 2. The lowest BCUT2D eigenvalue weighted by Gasteiger charge is -2.26. The van der Waals surface area contributed by atoms with E-state index in [-0.39, 0.29) is 11.9 Å². The summed E-state index contributed by atoms with van der Waals surface area (Å²) in [6.07, 6.45) is 4.17. The molecule has 1 aliphatic carbocycles. The van der Waals surface area contributed by atoms with Gasteiger partial charge in [-0.1, -0.05) is 31.2 Å². The van der Waals surface area contributed by atoms with Crippen molar-refractivity contribution in [2.45, 2.75) is 52.5 Å². The molecule has 0 bridgehead atoms. The second kappa shape index (κ2) is 7.63. The number of carbonyl (C=O) groups excluding carboxylic acids is 1. The minimum Gasteiger partial charge on any atom is -0.345 e. The molecule has 0 fully saturated rings. The van der Waals surface area contributed by atoms with Crippen LogP contribution in [0.25, 0.3) is 5.69 Å². The highest BCUT2D eigenvalue weighted by atomic mass is 16.1. The first kappa shape index (κ1) is 18.5. The summed E-state index contributed by atoms with van der Waals surface area (Å²) in [6.45, 7) is 6.30. The molecule has 1 N–H and O–H groups in total. The standard InChI is InChI=1S/C24H27N3O/c1-4-21-16(2)26-27(17(21)3)20-14-12-19(13-15-20)24(28)25-23-11-7-9-18-8-5-6-10-22(18)23/h5-6,8,10,12-15,23H,4,7,9,11H2,1-3H3,(H,25,28)/t23-/m1/s1. The maximum absolute atomic E-state index is 12.8. The number of fused-ring (bicyclic) bond motifs is 1. The zero-order chi connectivity index (χ0) is 19.7. The molecule has 0 saturated carbocycles. The lowest BCUT2D eigenvalue weighted by atomic mass is 9.87. The van der Waals surface area contributed by atoms with Gasteiger partial charge in [-0.25, -0.2) is 4.68 Å². The molecule has 0 radical (unpaired) electrons. The van der Waals surface area contributed by atoms with Gasteiger partial charge in [-0.15, -0.1) is 0 Å². The average molecular weight is 374 g/mol. The maximum Gasteiger partial charge on any atom is 0.251 e. The van der Waals surface area contributed by atoms with E-state index in [2.05, 4.69) is 48.5 Å². The molecule has 0 spiro atoms. The third-order valence-electron chi connectivity index (χ3n) is 5.84. The first-order valence-electron chi connectivity index (χ1n) is 10.1. The number of carbonyl (C=O) groups is 1. The van der Waals surface area contributed by atoms with E-state index in [0.29, 0.717) is 5.56 Å². The fourth-order valence-electron chi connectivity index (χ4n) is 4.34. The minimum absolute atomic E-state index is 0.0177. The topological polar surface area (TPSA) is 46.9 Å². The Labute approximate surface area is 166 Å². The number of nitrogens with zero attached hydrogens (tertiary/aromatic N) is 2. The van der Waals surface area contributed by atoms with E-state index in [4.69, 9.17) is 0 Å². The van der Waals surface area contributed by atoms with Crippen LogP contribution in [0.5, 0.6) is 0 Å². The van der Waals surface area contributed by atoms with Crippen LogP contribution in [0.1, 0.15) is 64.2 Å². The summed E-state index contributed by atoms with van der Waals surface area (Å²) in [6, 6.07) is 16.3. The summed E-state index contributed by atoms with van der Waals surface area (Å²) in [5, 5.41) is 7.88. The Morgan fingerprint density at radius 2 is 1.89 bits per heavy atom. The minimum atomic E-state index is -0.0177. The van der Waals surface area contributed by atoms with Crippen molar-refractivity contribution in [2.75, 3.05) is 0 Å². The van der Waals surface area contributed by atoms with Crippen LogP contribution in [-0.4, -0.2) is 15.7 Å². The number of nitrogens with one attached hydrogen (secondary N) is 1. The molecule has 4 nitrogen and oxygen atoms in total. The first-order chi connectivity index (χ1) is 13.6. The molecule has 28 heavy (non-hydrogen) atoms. The summed E-state index contributed by atoms with van der Waals surface area (Å²) in [5.41, 5.74) is 7.80. The fourth-order valence-corrected chi connectivity index (χ4v) is 4.34. The van der Waals surface area contributed by atoms with Crippen LogP contribution in [-0.2, 0) is 12.8 Å². The molecule has 0 aliphatic heterocycles. The Bertz CT molecular complexity index is 1000. The molecule has 1 aromatic heterocycles. The highest BCUT2D eigenvalue weighted by molar-refractivity contribution is 5.94. The highest BCUT2D eigenvalue weighted by Crippen LogP contribution is 2.29. The van der Waals surface area contributed by atoms with Crippen molar-refractivity contribution >= 4 is 5.91 Å². The predicted octanol–water partition coefficient (Wildman–Crippen LogP) is 4.86. The van der Waals surface area contributed by atoms with Crippen LogP contribution >= 0.6 is 0 Å². The largest absolute Gasteiger partial charge is 0.345 e. The second-order valence-corrected chi connectivity index (χ2v) is 7.58. The summed E-state index contributed by atoms with van der Waals surface area (Å²) in [5.74, 6) is -0.0177. The Morgan fingerprint density at radius 1 is 1.14 bits per heavy atom. The van der Waals surface area contributed by atoms with Crippen molar-refractivity contribution in [1.29, 1.82) is 0 Å². The molecule has 144 valence electrons. The van der Waals surface area contributed by atoms with E-state index in [1.165, 1.54) is 16.7 Å². The molecular weight excluding hydrogens is 346 g/mol. The Hall–Kier alpha value is -2.88. The monoisotopic (exact) mass is 373 g/mol. The number of hydrogen-bond acceptors (Lipinski definition) is 2. The number of benzene rings is 2. The quantitative estimate of drug-likeness (QED) is 0.710. The van der Waals surface area contributed by atoms with Gasteiger partial charge in [0.05, 0.1) is 17.4 Å². The van der Waals surface area contributed by atoms with Gasteiger partial charge in [0.25, 0.3) is 5.91 Å². The van der Waals surface area contributed by atoms with E-state index in [0.717, 1.165) is 42.8 Å². The van der Waals surface area contributed by atoms with Gasteiger partial charge in [0.1, 0.15) is 0 Å². The van der Waals surface area contributed by atoms with E-state index >= 15 is 0 Å². The summed E-state index contributed by atoms with van der Waals surface area (Å²) < 4.78 is 1.97. The van der Waals surface area contributed by atoms with Crippen molar-refractivity contribution in [3.63, 3.8) is 0 Å². The van der Waals surface area contributed by atoms with Gasteiger partial charge >= 0.3 is 0 Å². The van der Waals surface area contributed by atoms with E-state index < -0.39 is 0 Å². The second-order valence-electron chi connectivity index (χ2n) is 7.58. The number of aryl methyl sites for hydroxylation is 2. The maximum atomic E-state index is 12.8. The third kappa shape index (κ3) is 3.35. The molecule has 0 saturated heterocycles. The summed E-state index contributed by atoms with van der Waals surface area (Å²) in [7, 11) is 0. The van der Waals surface area contributed by atoms with Crippen molar-refractivity contribution in [2.24, 2.45) is 0 Å². The number of hydrogen-bond donors (Lipinski definition) is 1. The van der Waals surface area contributed by atoms with Gasteiger partial charge in [0.15, 0.2) is 0 Å².